The first-order valence-electron chi connectivity index (χ1n) is 8.29. The SMILES string of the molecule is CSCCC(=O)Nc1nnc(C23CC4CC(CC(C4)C2)C3)s1. The molecule has 0 spiro atoms. The molecule has 0 atom stereocenters. The lowest BCUT2D eigenvalue weighted by atomic mass is 9.50. The molecule has 4 aliphatic carbocycles. The Bertz CT molecular complexity index is 536. The molecule has 4 nitrogen and oxygen atoms in total. The Morgan fingerprint density at radius 2 is 1.86 bits per heavy atom. The number of hydrogen-bond donors (Lipinski definition) is 1. The fourth-order valence-electron chi connectivity index (χ4n) is 5.24. The number of anilines is 1. The Balaban J connectivity index is 1.48. The molecule has 1 aromatic rings. The van der Waals surface area contributed by atoms with Crippen molar-refractivity contribution in [1.82, 2.24) is 10.2 Å². The van der Waals surface area contributed by atoms with Crippen molar-refractivity contribution in [2.24, 2.45) is 17.8 Å². The third kappa shape index (κ3) is 2.68. The van der Waals surface area contributed by atoms with Gasteiger partial charge in [0.15, 0.2) is 0 Å². The third-order valence-electron chi connectivity index (χ3n) is 5.70. The summed E-state index contributed by atoms with van der Waals surface area (Å²) in [5, 5.41) is 13.5. The fraction of sp³-hybridized carbons (Fsp3) is 0.812. The van der Waals surface area contributed by atoms with E-state index in [-0.39, 0.29) is 11.3 Å². The van der Waals surface area contributed by atoms with Crippen LogP contribution in [0.5, 0.6) is 0 Å². The van der Waals surface area contributed by atoms with E-state index in [1.165, 1.54) is 43.5 Å². The molecule has 4 fully saturated rings. The predicted molar refractivity (Wildman–Crippen MR) is 91.4 cm³/mol. The van der Waals surface area contributed by atoms with Crippen molar-refractivity contribution >= 4 is 34.1 Å². The number of nitrogens with one attached hydrogen (secondary N) is 1. The lowest BCUT2D eigenvalue weighted by Gasteiger charge is -2.55. The van der Waals surface area contributed by atoms with E-state index in [2.05, 4.69) is 15.5 Å². The molecule has 120 valence electrons. The van der Waals surface area contributed by atoms with Crippen LogP contribution in [-0.2, 0) is 10.2 Å². The molecular weight excluding hydrogens is 314 g/mol. The minimum atomic E-state index is 0.0579. The summed E-state index contributed by atoms with van der Waals surface area (Å²) in [4.78, 5) is 11.8. The van der Waals surface area contributed by atoms with Gasteiger partial charge >= 0.3 is 0 Å². The number of nitrogens with zero attached hydrogens (tertiary/aromatic N) is 2. The van der Waals surface area contributed by atoms with E-state index in [1.54, 1.807) is 23.1 Å². The monoisotopic (exact) mass is 337 g/mol. The number of carbonyl (C=O) groups excluding carboxylic acids is 1. The topological polar surface area (TPSA) is 54.9 Å². The van der Waals surface area contributed by atoms with Crippen LogP contribution in [0.25, 0.3) is 0 Å². The molecule has 0 radical (unpaired) electrons. The van der Waals surface area contributed by atoms with Crippen molar-refractivity contribution in [3.63, 3.8) is 0 Å². The molecule has 0 aliphatic heterocycles. The normalized spacial score (nSPS) is 35.8. The van der Waals surface area contributed by atoms with Gasteiger partial charge < -0.3 is 5.32 Å². The number of amides is 1. The highest BCUT2D eigenvalue weighted by Crippen LogP contribution is 2.61. The van der Waals surface area contributed by atoms with Crippen LogP contribution in [0.4, 0.5) is 5.13 Å². The molecule has 5 rings (SSSR count). The summed E-state index contributed by atoms with van der Waals surface area (Å²) in [5.41, 5.74) is 0.286. The molecule has 22 heavy (non-hydrogen) atoms. The summed E-state index contributed by atoms with van der Waals surface area (Å²) in [6, 6.07) is 0. The number of aromatic nitrogens is 2. The highest BCUT2D eigenvalue weighted by atomic mass is 32.2. The molecule has 0 unspecified atom stereocenters. The van der Waals surface area contributed by atoms with Crippen molar-refractivity contribution in [2.45, 2.75) is 50.4 Å². The third-order valence-corrected chi connectivity index (χ3v) is 7.39. The predicted octanol–water partition coefficient (Wildman–Crippen LogP) is 3.70. The van der Waals surface area contributed by atoms with E-state index < -0.39 is 0 Å². The lowest BCUT2D eigenvalue weighted by molar-refractivity contribution is -0.115. The fourth-order valence-corrected chi connectivity index (χ4v) is 6.60. The van der Waals surface area contributed by atoms with Crippen LogP contribution in [0, 0.1) is 17.8 Å². The van der Waals surface area contributed by atoms with Crippen molar-refractivity contribution < 1.29 is 4.79 Å². The molecule has 4 aliphatic rings. The average Bonchev–Trinajstić information content (AvgIpc) is 2.93. The zero-order chi connectivity index (χ0) is 15.2. The zero-order valence-electron chi connectivity index (χ0n) is 13.0. The Morgan fingerprint density at radius 1 is 1.23 bits per heavy atom. The molecule has 1 aromatic heterocycles. The van der Waals surface area contributed by atoms with Gasteiger partial charge in [-0.2, -0.15) is 11.8 Å². The maximum atomic E-state index is 11.8. The molecule has 0 saturated heterocycles. The van der Waals surface area contributed by atoms with E-state index in [0.717, 1.165) is 23.5 Å². The summed E-state index contributed by atoms with van der Waals surface area (Å²) >= 11 is 3.31. The number of hydrogen-bond acceptors (Lipinski definition) is 5. The van der Waals surface area contributed by atoms with Gasteiger partial charge in [-0.3, -0.25) is 4.79 Å². The Morgan fingerprint density at radius 3 is 2.45 bits per heavy atom. The van der Waals surface area contributed by atoms with E-state index in [0.29, 0.717) is 11.6 Å². The first-order valence-corrected chi connectivity index (χ1v) is 10.5. The van der Waals surface area contributed by atoms with E-state index in [9.17, 15) is 4.79 Å². The van der Waals surface area contributed by atoms with Crippen LogP contribution in [0.3, 0.4) is 0 Å². The van der Waals surface area contributed by atoms with Crippen LogP contribution < -0.4 is 5.32 Å². The molecule has 6 heteroatoms. The van der Waals surface area contributed by atoms with Crippen molar-refractivity contribution in [3.05, 3.63) is 5.01 Å². The van der Waals surface area contributed by atoms with Gasteiger partial charge in [0.05, 0.1) is 0 Å². The summed E-state index contributed by atoms with van der Waals surface area (Å²) < 4.78 is 0. The van der Waals surface area contributed by atoms with Crippen LogP contribution in [0.1, 0.15) is 50.0 Å². The Hall–Kier alpha value is -0.620. The van der Waals surface area contributed by atoms with E-state index in [4.69, 9.17) is 0 Å². The van der Waals surface area contributed by atoms with Crippen LogP contribution in [-0.4, -0.2) is 28.1 Å². The van der Waals surface area contributed by atoms with Gasteiger partial charge in [-0.05, 0) is 62.5 Å². The van der Waals surface area contributed by atoms with Crippen LogP contribution in [0.15, 0.2) is 0 Å². The molecule has 0 aromatic carbocycles. The number of rotatable bonds is 5. The molecule has 4 saturated carbocycles. The second-order valence-corrected chi connectivity index (χ2v) is 9.36. The Kier molecular flexibility index (Phi) is 3.93. The molecule has 1 N–H and O–H groups in total. The van der Waals surface area contributed by atoms with Gasteiger partial charge in [-0.1, -0.05) is 11.3 Å². The summed E-state index contributed by atoms with van der Waals surface area (Å²) in [7, 11) is 0. The maximum absolute atomic E-state index is 11.8. The largest absolute Gasteiger partial charge is 0.301 e. The highest BCUT2D eigenvalue weighted by Gasteiger charge is 2.53. The van der Waals surface area contributed by atoms with Crippen molar-refractivity contribution in [2.75, 3.05) is 17.3 Å². The quantitative estimate of drug-likeness (QED) is 0.890. The standard InChI is InChI=1S/C16H23N3OS2/c1-21-3-2-13(20)17-15-19-18-14(22-15)16-7-10-4-11(8-16)6-12(5-10)9-16/h10-12H,2-9H2,1H3,(H,17,19,20). The van der Waals surface area contributed by atoms with Gasteiger partial charge in [0.2, 0.25) is 11.0 Å². The second-order valence-electron chi connectivity index (χ2n) is 7.40. The summed E-state index contributed by atoms with van der Waals surface area (Å²) in [5.74, 6) is 3.65. The lowest BCUT2D eigenvalue weighted by Crippen LogP contribution is -2.48. The van der Waals surface area contributed by atoms with Gasteiger partial charge in [-0.25, -0.2) is 0 Å². The molecule has 1 amide bonds. The number of thioether (sulfide) groups is 1. The van der Waals surface area contributed by atoms with E-state index in [1.807, 2.05) is 6.26 Å². The van der Waals surface area contributed by atoms with Crippen LogP contribution >= 0.6 is 23.1 Å². The zero-order valence-corrected chi connectivity index (χ0v) is 14.6. The van der Waals surface area contributed by atoms with Gasteiger partial charge in [0.1, 0.15) is 5.01 Å². The average molecular weight is 338 g/mol. The highest BCUT2D eigenvalue weighted by molar-refractivity contribution is 7.98. The van der Waals surface area contributed by atoms with E-state index >= 15 is 0 Å². The van der Waals surface area contributed by atoms with Crippen molar-refractivity contribution in [3.8, 4) is 0 Å². The molecular formula is C16H23N3OS2. The minimum absolute atomic E-state index is 0.0579. The second kappa shape index (κ2) is 5.78. The van der Waals surface area contributed by atoms with Gasteiger partial charge in [0, 0.05) is 17.6 Å². The van der Waals surface area contributed by atoms with Crippen LogP contribution in [0.2, 0.25) is 0 Å². The maximum Gasteiger partial charge on any atom is 0.227 e. The smallest absolute Gasteiger partial charge is 0.227 e. The molecule has 4 bridgehead atoms. The minimum Gasteiger partial charge on any atom is -0.301 e. The Labute approximate surface area is 139 Å². The molecule has 1 heterocycles. The number of carbonyl (C=O) groups is 1. The summed E-state index contributed by atoms with van der Waals surface area (Å²) in [6.45, 7) is 0. The van der Waals surface area contributed by atoms with Gasteiger partial charge in [0.25, 0.3) is 0 Å². The summed E-state index contributed by atoms with van der Waals surface area (Å²) in [6.07, 6.45) is 10.8. The van der Waals surface area contributed by atoms with Crippen molar-refractivity contribution in [1.29, 1.82) is 0 Å². The first-order chi connectivity index (χ1) is 10.7. The first kappa shape index (κ1) is 14.9. The van der Waals surface area contributed by atoms with Gasteiger partial charge in [-0.15, -0.1) is 10.2 Å².